The van der Waals surface area contributed by atoms with Gasteiger partial charge in [0.05, 0.1) is 0 Å². The molecule has 0 unspecified atom stereocenters. The van der Waals surface area contributed by atoms with Crippen molar-refractivity contribution in [1.82, 2.24) is 9.97 Å². The Labute approximate surface area is 127 Å². The highest BCUT2D eigenvalue weighted by Gasteiger charge is 2.12. The Bertz CT molecular complexity index is 647. The predicted octanol–water partition coefficient (Wildman–Crippen LogP) is 4.21. The fourth-order valence-electron chi connectivity index (χ4n) is 1.79. The fraction of sp³-hybridized carbons (Fsp3) is 0.333. The highest BCUT2D eigenvalue weighted by molar-refractivity contribution is 7.99. The topological polar surface area (TPSA) is 37.8 Å². The molecule has 1 heterocycles. The molecule has 1 N–H and O–H groups in total. The van der Waals surface area contributed by atoms with E-state index in [4.69, 9.17) is 0 Å². The lowest BCUT2D eigenvalue weighted by Gasteiger charge is -2.12. The second kappa shape index (κ2) is 6.85. The number of anilines is 1. The van der Waals surface area contributed by atoms with Crippen molar-refractivity contribution in [2.24, 2.45) is 0 Å². The van der Waals surface area contributed by atoms with Crippen molar-refractivity contribution >= 4 is 17.6 Å². The molecule has 0 aliphatic heterocycles. The Kier molecular flexibility index (Phi) is 5.12. The average molecular weight is 309 g/mol. The van der Waals surface area contributed by atoms with Crippen molar-refractivity contribution in [3.63, 3.8) is 0 Å². The van der Waals surface area contributed by atoms with Crippen molar-refractivity contribution in [2.45, 2.75) is 37.1 Å². The van der Waals surface area contributed by atoms with Gasteiger partial charge in [-0.05, 0) is 32.0 Å². The molecular weight excluding hydrogens is 292 g/mol. The lowest BCUT2D eigenvalue weighted by Crippen LogP contribution is -2.07. The lowest BCUT2D eigenvalue weighted by molar-refractivity contribution is 0.506. The monoisotopic (exact) mass is 309 g/mol. The molecule has 3 nitrogen and oxygen atoms in total. The maximum Gasteiger partial charge on any atom is 0.159 e. The number of aromatic nitrogens is 2. The minimum Gasteiger partial charge on any atom is -0.370 e. The first-order chi connectivity index (χ1) is 10.0. The number of hydrogen-bond acceptors (Lipinski definition) is 4. The van der Waals surface area contributed by atoms with E-state index in [-0.39, 0.29) is 0 Å². The van der Waals surface area contributed by atoms with Crippen LogP contribution in [-0.4, -0.2) is 16.5 Å². The summed E-state index contributed by atoms with van der Waals surface area (Å²) < 4.78 is 26.3. The zero-order valence-electron chi connectivity index (χ0n) is 12.2. The molecule has 6 heteroatoms. The first-order valence-electron chi connectivity index (χ1n) is 6.79. The van der Waals surface area contributed by atoms with Crippen LogP contribution in [-0.2, 0) is 6.42 Å². The highest BCUT2D eigenvalue weighted by Crippen LogP contribution is 2.32. The van der Waals surface area contributed by atoms with Gasteiger partial charge in [-0.1, -0.05) is 18.7 Å². The van der Waals surface area contributed by atoms with Crippen LogP contribution in [0.5, 0.6) is 0 Å². The first-order valence-corrected chi connectivity index (χ1v) is 7.61. The highest BCUT2D eigenvalue weighted by atomic mass is 32.2. The van der Waals surface area contributed by atoms with Crippen LogP contribution in [0.15, 0.2) is 28.1 Å². The van der Waals surface area contributed by atoms with Gasteiger partial charge in [-0.15, -0.1) is 0 Å². The predicted molar refractivity (Wildman–Crippen MR) is 80.8 cm³/mol. The molecule has 0 amide bonds. The zero-order chi connectivity index (χ0) is 15.4. The number of nitrogens with one attached hydrogen (secondary N) is 1. The molecule has 2 rings (SSSR count). The summed E-state index contributed by atoms with van der Waals surface area (Å²) in [4.78, 5) is 9.53. The van der Waals surface area contributed by atoms with Crippen LogP contribution in [0.25, 0.3) is 0 Å². The molecule has 112 valence electrons. The fourth-order valence-corrected chi connectivity index (χ4v) is 2.71. The van der Waals surface area contributed by atoms with Gasteiger partial charge in [0.1, 0.15) is 16.7 Å². The summed E-state index contributed by atoms with van der Waals surface area (Å²) in [5.74, 6) is -0.188. The standard InChI is InChI=1S/C15H17F2N3S/c1-4-13-19-14(18-5-2)9(3)15(20-13)21-10-6-7-11(16)12(17)8-10/h6-8H,4-5H2,1-3H3,(H,18,19,20). The molecule has 0 aliphatic rings. The number of benzene rings is 1. The number of halogens is 2. The third-order valence-corrected chi connectivity index (χ3v) is 3.99. The van der Waals surface area contributed by atoms with Crippen LogP contribution in [0.2, 0.25) is 0 Å². The summed E-state index contributed by atoms with van der Waals surface area (Å²) in [5, 5.41) is 3.95. The Morgan fingerprint density at radius 1 is 1.14 bits per heavy atom. The van der Waals surface area contributed by atoms with Crippen LogP contribution in [0.3, 0.4) is 0 Å². The van der Waals surface area contributed by atoms with Gasteiger partial charge in [-0.2, -0.15) is 0 Å². The van der Waals surface area contributed by atoms with E-state index in [1.807, 2.05) is 20.8 Å². The Morgan fingerprint density at radius 2 is 1.90 bits per heavy atom. The van der Waals surface area contributed by atoms with Gasteiger partial charge in [0, 0.05) is 23.4 Å². The van der Waals surface area contributed by atoms with Gasteiger partial charge < -0.3 is 5.32 Å². The normalized spacial score (nSPS) is 10.7. The molecule has 0 saturated carbocycles. The third kappa shape index (κ3) is 3.69. The molecule has 0 bridgehead atoms. The Balaban J connectivity index is 2.37. The van der Waals surface area contributed by atoms with Gasteiger partial charge in [0.15, 0.2) is 11.6 Å². The van der Waals surface area contributed by atoms with E-state index in [2.05, 4.69) is 15.3 Å². The van der Waals surface area contributed by atoms with E-state index >= 15 is 0 Å². The largest absolute Gasteiger partial charge is 0.370 e. The third-order valence-electron chi connectivity index (χ3n) is 2.91. The average Bonchev–Trinajstić information content (AvgIpc) is 2.47. The summed E-state index contributed by atoms with van der Waals surface area (Å²) in [6.45, 7) is 6.65. The summed E-state index contributed by atoms with van der Waals surface area (Å²) in [6.07, 6.45) is 0.712. The maximum atomic E-state index is 13.3. The summed E-state index contributed by atoms with van der Waals surface area (Å²) in [6, 6.07) is 3.85. The van der Waals surface area contributed by atoms with E-state index < -0.39 is 11.6 Å². The quantitative estimate of drug-likeness (QED) is 0.840. The molecule has 1 aromatic carbocycles. The summed E-state index contributed by atoms with van der Waals surface area (Å²) in [7, 11) is 0. The van der Waals surface area contributed by atoms with E-state index in [1.165, 1.54) is 17.8 Å². The molecular formula is C15H17F2N3S. The molecule has 0 fully saturated rings. The SMILES string of the molecule is CCNc1nc(CC)nc(Sc2ccc(F)c(F)c2)c1C. The van der Waals surface area contributed by atoms with Gasteiger partial charge in [0.25, 0.3) is 0 Å². The van der Waals surface area contributed by atoms with Crippen LogP contribution in [0.4, 0.5) is 14.6 Å². The molecule has 0 spiro atoms. The van der Waals surface area contributed by atoms with E-state index in [9.17, 15) is 8.78 Å². The Hall–Kier alpha value is -1.69. The molecule has 1 aromatic heterocycles. The zero-order valence-corrected chi connectivity index (χ0v) is 13.0. The van der Waals surface area contributed by atoms with Crippen LogP contribution >= 0.6 is 11.8 Å². The van der Waals surface area contributed by atoms with Gasteiger partial charge in [-0.25, -0.2) is 18.7 Å². The minimum atomic E-state index is -0.852. The van der Waals surface area contributed by atoms with Gasteiger partial charge in [-0.3, -0.25) is 0 Å². The summed E-state index contributed by atoms with van der Waals surface area (Å²) >= 11 is 1.31. The van der Waals surface area contributed by atoms with Crippen molar-refractivity contribution < 1.29 is 8.78 Å². The molecule has 0 atom stereocenters. The van der Waals surface area contributed by atoms with Gasteiger partial charge >= 0.3 is 0 Å². The van der Waals surface area contributed by atoms with Crippen LogP contribution in [0.1, 0.15) is 25.2 Å². The van der Waals surface area contributed by atoms with Crippen LogP contribution in [0, 0.1) is 18.6 Å². The molecule has 0 radical (unpaired) electrons. The second-order valence-electron chi connectivity index (χ2n) is 4.48. The number of rotatable bonds is 5. The minimum absolute atomic E-state index is 0.611. The lowest BCUT2D eigenvalue weighted by atomic mass is 10.3. The van der Waals surface area contributed by atoms with E-state index in [0.717, 1.165) is 34.8 Å². The summed E-state index contributed by atoms with van der Waals surface area (Å²) in [5.41, 5.74) is 0.906. The maximum absolute atomic E-state index is 13.3. The van der Waals surface area contributed by atoms with Crippen molar-refractivity contribution in [1.29, 1.82) is 0 Å². The van der Waals surface area contributed by atoms with E-state index in [0.29, 0.717) is 11.3 Å². The first kappa shape index (κ1) is 15.7. The van der Waals surface area contributed by atoms with E-state index in [1.54, 1.807) is 6.07 Å². The molecule has 2 aromatic rings. The van der Waals surface area contributed by atoms with Crippen molar-refractivity contribution in [3.05, 3.63) is 41.2 Å². The Morgan fingerprint density at radius 3 is 2.52 bits per heavy atom. The molecule has 0 aliphatic carbocycles. The number of nitrogens with zero attached hydrogens (tertiary/aromatic N) is 2. The molecule has 21 heavy (non-hydrogen) atoms. The second-order valence-corrected chi connectivity index (χ2v) is 5.54. The van der Waals surface area contributed by atoms with Crippen molar-refractivity contribution in [3.8, 4) is 0 Å². The van der Waals surface area contributed by atoms with Crippen molar-refractivity contribution in [2.75, 3.05) is 11.9 Å². The van der Waals surface area contributed by atoms with Crippen LogP contribution < -0.4 is 5.32 Å². The smallest absolute Gasteiger partial charge is 0.159 e. The molecule has 0 saturated heterocycles. The number of aryl methyl sites for hydroxylation is 1. The number of hydrogen-bond donors (Lipinski definition) is 1. The van der Waals surface area contributed by atoms with Gasteiger partial charge in [0.2, 0.25) is 0 Å².